The maximum absolute atomic E-state index is 13.7. The molecule has 2 aromatic carbocycles. The number of hydrogen-bond donors (Lipinski definition) is 0. The summed E-state index contributed by atoms with van der Waals surface area (Å²) in [4.78, 5) is 30.2. The third-order valence-electron chi connectivity index (χ3n) is 8.30. The molecule has 212 valence electrons. The van der Waals surface area contributed by atoms with Gasteiger partial charge in [-0.05, 0) is 79.3 Å². The minimum Gasteiger partial charge on any atom is -0.486 e. The van der Waals surface area contributed by atoms with Crippen molar-refractivity contribution < 1.29 is 23.2 Å². The Morgan fingerprint density at radius 1 is 1.00 bits per heavy atom. The van der Waals surface area contributed by atoms with E-state index in [-0.39, 0.29) is 36.1 Å². The molecule has 0 bridgehead atoms. The minimum absolute atomic E-state index is 0.123. The lowest BCUT2D eigenvalue weighted by Crippen LogP contribution is -2.43. The van der Waals surface area contributed by atoms with Gasteiger partial charge in [-0.15, -0.1) is 0 Å². The SMILES string of the molecule is Cc1ccc(C2c3cc(OCc4ccc(C(=O)N(C)Cc5ccco5)o4)ccc3CCN2C(=O)C2CCCC2)cc1. The number of carbonyl (C=O) groups excluding carboxylic acids is 2. The van der Waals surface area contributed by atoms with E-state index in [0.29, 0.717) is 23.8 Å². The van der Waals surface area contributed by atoms with Gasteiger partial charge in [-0.2, -0.15) is 0 Å². The Kier molecular flexibility index (Phi) is 7.68. The summed E-state index contributed by atoms with van der Waals surface area (Å²) in [6.07, 6.45) is 6.65. The molecule has 7 nitrogen and oxygen atoms in total. The van der Waals surface area contributed by atoms with Crippen molar-refractivity contribution in [2.75, 3.05) is 13.6 Å². The van der Waals surface area contributed by atoms with Crippen molar-refractivity contribution in [1.29, 1.82) is 0 Å². The molecule has 2 aromatic heterocycles. The molecule has 1 atom stereocenters. The first-order valence-corrected chi connectivity index (χ1v) is 14.5. The highest BCUT2D eigenvalue weighted by atomic mass is 16.5. The van der Waals surface area contributed by atoms with E-state index < -0.39 is 0 Å². The lowest BCUT2D eigenvalue weighted by molar-refractivity contribution is -0.137. The smallest absolute Gasteiger partial charge is 0.289 e. The molecule has 41 heavy (non-hydrogen) atoms. The maximum atomic E-state index is 13.7. The van der Waals surface area contributed by atoms with E-state index in [0.717, 1.165) is 49.8 Å². The summed E-state index contributed by atoms with van der Waals surface area (Å²) in [5, 5.41) is 0. The Morgan fingerprint density at radius 3 is 2.56 bits per heavy atom. The summed E-state index contributed by atoms with van der Waals surface area (Å²) >= 11 is 0. The molecular formula is C34H36N2O5. The van der Waals surface area contributed by atoms with Crippen LogP contribution in [0.4, 0.5) is 0 Å². The van der Waals surface area contributed by atoms with E-state index in [2.05, 4.69) is 48.2 Å². The van der Waals surface area contributed by atoms with Crippen LogP contribution in [0.1, 0.15) is 76.1 Å². The van der Waals surface area contributed by atoms with Crippen LogP contribution in [0.3, 0.4) is 0 Å². The van der Waals surface area contributed by atoms with Crippen LogP contribution in [0.15, 0.2) is 81.8 Å². The highest BCUT2D eigenvalue weighted by molar-refractivity contribution is 5.91. The largest absolute Gasteiger partial charge is 0.486 e. The second-order valence-electron chi connectivity index (χ2n) is 11.2. The fraction of sp³-hybridized carbons (Fsp3) is 0.353. The number of fused-ring (bicyclic) bond motifs is 1. The van der Waals surface area contributed by atoms with Crippen LogP contribution in [0.25, 0.3) is 0 Å². The number of ether oxygens (including phenoxy) is 1. The zero-order valence-corrected chi connectivity index (χ0v) is 23.7. The Hall–Kier alpha value is -4.26. The molecule has 0 saturated heterocycles. The first kappa shape index (κ1) is 26.9. The number of furan rings is 2. The molecule has 4 aromatic rings. The molecule has 1 unspecified atom stereocenters. The van der Waals surface area contributed by atoms with Crippen molar-refractivity contribution in [3.05, 3.63) is 113 Å². The molecule has 3 heterocycles. The second-order valence-corrected chi connectivity index (χ2v) is 11.2. The van der Waals surface area contributed by atoms with Crippen molar-refractivity contribution in [1.82, 2.24) is 9.80 Å². The first-order chi connectivity index (χ1) is 20.0. The van der Waals surface area contributed by atoms with E-state index in [9.17, 15) is 9.59 Å². The van der Waals surface area contributed by atoms with Crippen LogP contribution in [0.2, 0.25) is 0 Å². The van der Waals surface area contributed by atoms with Crippen molar-refractivity contribution in [3.63, 3.8) is 0 Å². The predicted octanol–water partition coefficient (Wildman–Crippen LogP) is 6.70. The van der Waals surface area contributed by atoms with Gasteiger partial charge in [-0.3, -0.25) is 9.59 Å². The van der Waals surface area contributed by atoms with Crippen LogP contribution in [-0.2, 0) is 24.4 Å². The number of benzene rings is 2. The van der Waals surface area contributed by atoms with Crippen molar-refractivity contribution >= 4 is 11.8 Å². The highest BCUT2D eigenvalue weighted by Crippen LogP contribution is 2.40. The number of nitrogens with zero attached hydrogens (tertiary/aromatic N) is 2. The van der Waals surface area contributed by atoms with E-state index in [1.165, 1.54) is 11.1 Å². The van der Waals surface area contributed by atoms with Crippen molar-refractivity contribution in [2.45, 2.75) is 58.2 Å². The topological polar surface area (TPSA) is 76.1 Å². The molecule has 1 saturated carbocycles. The zero-order chi connectivity index (χ0) is 28.3. The van der Waals surface area contributed by atoms with Crippen molar-refractivity contribution in [2.24, 2.45) is 5.92 Å². The van der Waals surface area contributed by atoms with Crippen LogP contribution in [0.5, 0.6) is 5.75 Å². The van der Waals surface area contributed by atoms with E-state index in [4.69, 9.17) is 13.6 Å². The monoisotopic (exact) mass is 552 g/mol. The second kappa shape index (κ2) is 11.7. The van der Waals surface area contributed by atoms with Gasteiger partial charge >= 0.3 is 0 Å². The average Bonchev–Trinajstić information content (AvgIpc) is 3.79. The molecule has 0 radical (unpaired) electrons. The van der Waals surface area contributed by atoms with Crippen LogP contribution in [-0.4, -0.2) is 35.2 Å². The summed E-state index contributed by atoms with van der Waals surface area (Å²) in [5.74, 6) is 2.39. The van der Waals surface area contributed by atoms with Gasteiger partial charge in [0, 0.05) is 19.5 Å². The Bertz CT molecular complexity index is 1500. The summed E-state index contributed by atoms with van der Waals surface area (Å²) < 4.78 is 17.3. The molecule has 2 aliphatic rings. The number of aryl methyl sites for hydroxylation is 1. The van der Waals surface area contributed by atoms with Crippen LogP contribution in [0, 0.1) is 12.8 Å². The summed E-state index contributed by atoms with van der Waals surface area (Å²) in [5.41, 5.74) is 4.66. The van der Waals surface area contributed by atoms with Crippen LogP contribution < -0.4 is 4.74 Å². The minimum atomic E-state index is -0.227. The molecule has 0 spiro atoms. The van der Waals surface area contributed by atoms with E-state index in [1.807, 2.05) is 12.1 Å². The zero-order valence-electron chi connectivity index (χ0n) is 23.7. The fourth-order valence-electron chi connectivity index (χ4n) is 6.06. The number of rotatable bonds is 8. The lowest BCUT2D eigenvalue weighted by Gasteiger charge is -2.39. The van der Waals surface area contributed by atoms with Gasteiger partial charge in [0.05, 0.1) is 18.8 Å². The van der Waals surface area contributed by atoms with Gasteiger partial charge in [-0.1, -0.05) is 48.7 Å². The van der Waals surface area contributed by atoms with Crippen molar-refractivity contribution in [3.8, 4) is 5.75 Å². The van der Waals surface area contributed by atoms with Gasteiger partial charge in [-0.25, -0.2) is 0 Å². The molecule has 1 aliphatic carbocycles. The number of amides is 2. The number of hydrogen-bond acceptors (Lipinski definition) is 5. The molecule has 2 amide bonds. The molecule has 1 fully saturated rings. The summed E-state index contributed by atoms with van der Waals surface area (Å²) in [6, 6.07) is 21.6. The summed E-state index contributed by atoms with van der Waals surface area (Å²) in [6.45, 7) is 3.35. The lowest BCUT2D eigenvalue weighted by atomic mass is 9.86. The van der Waals surface area contributed by atoms with Gasteiger partial charge in [0.15, 0.2) is 5.76 Å². The maximum Gasteiger partial charge on any atom is 0.289 e. The highest BCUT2D eigenvalue weighted by Gasteiger charge is 2.36. The number of carbonyl (C=O) groups is 2. The Morgan fingerprint density at radius 2 is 1.80 bits per heavy atom. The molecule has 1 aliphatic heterocycles. The average molecular weight is 553 g/mol. The Balaban J connectivity index is 1.19. The normalized spacial score (nSPS) is 16.9. The third kappa shape index (κ3) is 5.80. The fourth-order valence-corrected chi connectivity index (χ4v) is 6.06. The van der Waals surface area contributed by atoms with E-state index in [1.54, 1.807) is 36.4 Å². The first-order valence-electron chi connectivity index (χ1n) is 14.5. The molecule has 0 N–H and O–H groups in total. The van der Waals surface area contributed by atoms with Gasteiger partial charge in [0.1, 0.15) is 23.9 Å². The van der Waals surface area contributed by atoms with E-state index >= 15 is 0 Å². The Labute approximate surface area is 240 Å². The molecule has 6 rings (SSSR count). The quantitative estimate of drug-likeness (QED) is 0.243. The predicted molar refractivity (Wildman–Crippen MR) is 154 cm³/mol. The van der Waals surface area contributed by atoms with Gasteiger partial charge in [0.2, 0.25) is 5.91 Å². The van der Waals surface area contributed by atoms with Gasteiger partial charge in [0.25, 0.3) is 5.91 Å². The standard InChI is InChI=1S/C34H36N2O5/c1-23-9-11-25(12-10-23)32-30-20-27(14-13-24(30)17-18-36(32)33(37)26-6-3-4-7-26)40-22-29-15-16-31(41-29)34(38)35(2)21-28-8-5-19-39-28/h5,8-16,19-20,26,32H,3-4,6-7,17-18,21-22H2,1-2H3. The summed E-state index contributed by atoms with van der Waals surface area (Å²) in [7, 11) is 1.71. The van der Waals surface area contributed by atoms with Gasteiger partial charge < -0.3 is 23.4 Å². The molecule has 7 heteroatoms. The molecular weight excluding hydrogens is 516 g/mol. The third-order valence-corrected chi connectivity index (χ3v) is 8.30. The van der Waals surface area contributed by atoms with Crippen LogP contribution >= 0.6 is 0 Å².